The average Bonchev–Trinajstić information content (AvgIpc) is 2.40. The van der Waals surface area contributed by atoms with Gasteiger partial charge in [0.15, 0.2) is 0 Å². The van der Waals surface area contributed by atoms with E-state index in [9.17, 15) is 4.79 Å². The lowest BCUT2D eigenvalue weighted by Gasteiger charge is -2.06. The molecule has 2 rings (SSSR count). The van der Waals surface area contributed by atoms with Crippen molar-refractivity contribution < 1.29 is 14.6 Å². The number of rotatable bonds is 1. The number of hydrogen-bond donors (Lipinski definition) is 2. The largest absolute Gasteiger partial charge is 0.480 e. The first kappa shape index (κ1) is 7.06. The van der Waals surface area contributed by atoms with Crippen LogP contribution < -0.4 is 5.32 Å². The molecular formula is C7H11NO3. The number of aliphatic carboxylic acids is 1. The third-order valence-electron chi connectivity index (χ3n) is 2.45. The first-order chi connectivity index (χ1) is 5.27. The van der Waals surface area contributed by atoms with Crippen LogP contribution in [0.5, 0.6) is 0 Å². The van der Waals surface area contributed by atoms with E-state index in [1.54, 1.807) is 0 Å². The molecule has 2 N–H and O–H groups in total. The average molecular weight is 157 g/mol. The third kappa shape index (κ3) is 1.12. The van der Waals surface area contributed by atoms with Crippen LogP contribution in [0.15, 0.2) is 0 Å². The van der Waals surface area contributed by atoms with E-state index < -0.39 is 5.97 Å². The molecule has 3 atom stereocenters. The van der Waals surface area contributed by atoms with Crippen LogP contribution in [0.2, 0.25) is 0 Å². The summed E-state index contributed by atoms with van der Waals surface area (Å²) in [6.45, 7) is 1.40. The molecule has 0 bridgehead atoms. The van der Waals surface area contributed by atoms with Crippen molar-refractivity contribution in [2.24, 2.45) is 5.92 Å². The highest BCUT2D eigenvalue weighted by atomic mass is 16.5. The Morgan fingerprint density at radius 3 is 3.00 bits per heavy atom. The quantitative estimate of drug-likeness (QED) is 0.536. The second-order valence-electron chi connectivity index (χ2n) is 3.20. The van der Waals surface area contributed by atoms with Crippen molar-refractivity contribution in [1.82, 2.24) is 5.32 Å². The molecule has 0 aromatic heterocycles. The van der Waals surface area contributed by atoms with Gasteiger partial charge < -0.3 is 9.84 Å². The number of fused-ring (bicyclic) bond motifs is 1. The number of hydrogen-bond acceptors (Lipinski definition) is 3. The summed E-state index contributed by atoms with van der Waals surface area (Å²) < 4.78 is 5.18. The van der Waals surface area contributed by atoms with Crippen LogP contribution >= 0.6 is 0 Å². The Kier molecular flexibility index (Phi) is 1.58. The highest BCUT2D eigenvalue weighted by Gasteiger charge is 2.40. The van der Waals surface area contributed by atoms with Gasteiger partial charge in [0.2, 0.25) is 0 Å². The summed E-state index contributed by atoms with van der Waals surface area (Å²) in [4.78, 5) is 10.5. The van der Waals surface area contributed by atoms with Gasteiger partial charge >= 0.3 is 5.97 Å². The van der Waals surface area contributed by atoms with Crippen LogP contribution in [0.1, 0.15) is 6.42 Å². The summed E-state index contributed by atoms with van der Waals surface area (Å²) >= 11 is 0. The molecule has 2 fully saturated rings. The molecule has 2 saturated heterocycles. The lowest BCUT2D eigenvalue weighted by molar-refractivity contribution is -0.139. The van der Waals surface area contributed by atoms with E-state index in [-0.39, 0.29) is 12.1 Å². The van der Waals surface area contributed by atoms with Gasteiger partial charge in [-0.25, -0.2) is 0 Å². The van der Waals surface area contributed by atoms with Gasteiger partial charge in [-0.1, -0.05) is 0 Å². The highest BCUT2D eigenvalue weighted by molar-refractivity contribution is 5.74. The number of carbonyl (C=O) groups is 1. The maximum absolute atomic E-state index is 10.5. The molecule has 4 nitrogen and oxygen atoms in total. The Bertz CT molecular complexity index is 171. The van der Waals surface area contributed by atoms with Crippen LogP contribution in [0.25, 0.3) is 0 Å². The van der Waals surface area contributed by atoms with Crippen molar-refractivity contribution in [3.8, 4) is 0 Å². The summed E-state index contributed by atoms with van der Waals surface area (Å²) in [5.41, 5.74) is 0. The predicted octanol–water partition coefficient (Wildman–Crippen LogP) is -0.552. The fourth-order valence-corrected chi connectivity index (χ4v) is 1.82. The van der Waals surface area contributed by atoms with E-state index in [1.807, 2.05) is 0 Å². The predicted molar refractivity (Wildman–Crippen MR) is 37.3 cm³/mol. The molecule has 0 amide bonds. The molecule has 0 spiro atoms. The van der Waals surface area contributed by atoms with Gasteiger partial charge in [-0.2, -0.15) is 0 Å². The summed E-state index contributed by atoms with van der Waals surface area (Å²) in [5, 5.41) is 11.7. The van der Waals surface area contributed by atoms with E-state index in [0.29, 0.717) is 12.5 Å². The zero-order chi connectivity index (χ0) is 7.84. The fraction of sp³-hybridized carbons (Fsp3) is 0.857. The molecule has 0 saturated carbocycles. The second kappa shape index (κ2) is 2.46. The zero-order valence-corrected chi connectivity index (χ0v) is 6.12. The Balaban J connectivity index is 1.99. The molecule has 0 radical (unpaired) electrons. The first-order valence-electron chi connectivity index (χ1n) is 3.84. The van der Waals surface area contributed by atoms with Gasteiger partial charge in [0.1, 0.15) is 6.04 Å². The fourth-order valence-electron chi connectivity index (χ4n) is 1.82. The molecule has 0 aromatic carbocycles. The minimum atomic E-state index is -0.737. The number of ether oxygens (including phenoxy) is 1. The lowest BCUT2D eigenvalue weighted by Crippen LogP contribution is -2.36. The van der Waals surface area contributed by atoms with Crippen LogP contribution in [0.3, 0.4) is 0 Å². The number of carboxylic acids is 1. The number of carboxylic acid groups (broad SMARTS) is 1. The van der Waals surface area contributed by atoms with Crippen LogP contribution in [-0.2, 0) is 9.53 Å². The molecule has 11 heavy (non-hydrogen) atoms. The van der Waals surface area contributed by atoms with E-state index in [2.05, 4.69) is 5.32 Å². The van der Waals surface area contributed by atoms with Crippen molar-refractivity contribution in [2.75, 3.05) is 13.2 Å². The molecule has 2 aliphatic heterocycles. The standard InChI is InChI=1S/C7H11NO3/c9-7(10)5-1-4-2-11-3-6(4)8-5/h4-6,8H,1-3H2,(H,9,10). The molecule has 0 aromatic rings. The van der Waals surface area contributed by atoms with Gasteiger partial charge in [0, 0.05) is 12.0 Å². The number of nitrogens with one attached hydrogen (secondary N) is 1. The monoisotopic (exact) mass is 157 g/mol. The molecular weight excluding hydrogens is 146 g/mol. The smallest absolute Gasteiger partial charge is 0.320 e. The topological polar surface area (TPSA) is 58.6 Å². The van der Waals surface area contributed by atoms with Crippen LogP contribution in [0.4, 0.5) is 0 Å². The summed E-state index contributed by atoms with van der Waals surface area (Å²) in [6, 6.07) is -0.0509. The molecule has 4 heteroatoms. The van der Waals surface area contributed by atoms with Crippen molar-refractivity contribution in [3.05, 3.63) is 0 Å². The van der Waals surface area contributed by atoms with Crippen LogP contribution in [0, 0.1) is 5.92 Å². The minimum Gasteiger partial charge on any atom is -0.480 e. The van der Waals surface area contributed by atoms with Crippen molar-refractivity contribution in [1.29, 1.82) is 0 Å². The van der Waals surface area contributed by atoms with Gasteiger partial charge in [0.25, 0.3) is 0 Å². The lowest BCUT2D eigenvalue weighted by atomic mass is 10.0. The van der Waals surface area contributed by atoms with Crippen molar-refractivity contribution >= 4 is 5.97 Å². The van der Waals surface area contributed by atoms with Gasteiger partial charge in [-0.05, 0) is 6.42 Å². The van der Waals surface area contributed by atoms with Gasteiger partial charge in [-0.15, -0.1) is 0 Å². The molecule has 2 heterocycles. The molecule has 3 unspecified atom stereocenters. The summed E-state index contributed by atoms with van der Waals surface area (Å²) in [7, 11) is 0. The molecule has 2 aliphatic rings. The van der Waals surface area contributed by atoms with Crippen molar-refractivity contribution in [2.45, 2.75) is 18.5 Å². The maximum atomic E-state index is 10.5. The summed E-state index contributed by atoms with van der Waals surface area (Å²) in [5.74, 6) is -0.310. The van der Waals surface area contributed by atoms with E-state index in [1.165, 1.54) is 0 Å². The van der Waals surface area contributed by atoms with E-state index in [4.69, 9.17) is 9.84 Å². The van der Waals surface area contributed by atoms with Crippen molar-refractivity contribution in [3.63, 3.8) is 0 Å². The Hall–Kier alpha value is -0.610. The zero-order valence-electron chi connectivity index (χ0n) is 6.12. The van der Waals surface area contributed by atoms with Crippen LogP contribution in [-0.4, -0.2) is 36.4 Å². The Morgan fingerprint density at radius 1 is 1.55 bits per heavy atom. The first-order valence-corrected chi connectivity index (χ1v) is 3.84. The summed E-state index contributed by atoms with van der Waals surface area (Å²) in [6.07, 6.45) is 0.722. The van der Waals surface area contributed by atoms with E-state index >= 15 is 0 Å². The molecule has 0 aliphatic carbocycles. The van der Waals surface area contributed by atoms with Gasteiger partial charge in [0.05, 0.1) is 13.2 Å². The third-order valence-corrected chi connectivity index (χ3v) is 2.45. The minimum absolute atomic E-state index is 0.288. The Labute approximate surface area is 64.5 Å². The molecule has 62 valence electrons. The SMILES string of the molecule is O=C(O)C1CC2COCC2N1. The normalized spacial score (nSPS) is 42.4. The second-order valence-corrected chi connectivity index (χ2v) is 3.20. The van der Waals surface area contributed by atoms with Gasteiger partial charge in [-0.3, -0.25) is 10.1 Å². The van der Waals surface area contributed by atoms with E-state index in [0.717, 1.165) is 13.0 Å². The Morgan fingerprint density at radius 2 is 2.36 bits per heavy atom. The highest BCUT2D eigenvalue weighted by Crippen LogP contribution is 2.25. The maximum Gasteiger partial charge on any atom is 0.320 e.